The van der Waals surface area contributed by atoms with Crippen molar-refractivity contribution < 1.29 is 48.3 Å². The number of ether oxygens (including phenoxy) is 4. The number of aliphatic hydroxyl groups is 2. The molecule has 6 aliphatic rings. The van der Waals surface area contributed by atoms with Gasteiger partial charge in [0.1, 0.15) is 11.2 Å². The van der Waals surface area contributed by atoms with Crippen LogP contribution in [0.1, 0.15) is 75.3 Å². The van der Waals surface area contributed by atoms with Gasteiger partial charge in [-0.2, -0.15) is 0 Å². The van der Waals surface area contributed by atoms with Crippen LogP contribution in [-0.2, 0) is 50.6 Å². The fourth-order valence-corrected chi connectivity index (χ4v) is 13.4. The zero-order valence-corrected chi connectivity index (χ0v) is 35.3. The van der Waals surface area contributed by atoms with Crippen LogP contribution in [0.15, 0.2) is 48.6 Å². The molecule has 14 heteroatoms. The van der Waals surface area contributed by atoms with Crippen LogP contribution in [0, 0.1) is 11.3 Å². The van der Waals surface area contributed by atoms with E-state index in [0.29, 0.717) is 99.5 Å². The Kier molecular flexibility index (Phi) is 9.58. The first-order chi connectivity index (χ1) is 28.8. The smallest absolute Gasteiger partial charge is 0.344 e. The number of H-pyrrole nitrogens is 1. The SMILES string of the molecule is CC[C@]1(O)C[C@H]2CN(CCc3c([nH]c4ccccc34)[C@](C(=O)OC)(c3cc4c(cc3OC)N(C=O)[C@@H]3[C@](O)(C(=O)OC)[C@H](OC(C)=O)[C@]5(CC)C=CCN6CC[C@@]43[C@H]65)C2)C1. The molecule has 1 aromatic heterocycles. The third-order valence-corrected chi connectivity index (χ3v) is 15.5. The summed E-state index contributed by atoms with van der Waals surface area (Å²) < 4.78 is 23.7. The lowest BCUT2D eigenvalue weighted by atomic mass is 9.47. The standard InChI is InChI=1S/C46H56N4O10/c1-7-42(55)22-28-23-45(40(53)58-5,36-30(14-18-48(24-28)25-42)29-12-9-10-13-33(29)47-36)32-20-31-34(21-35(32)57-4)50(26-51)38-44(31)16-19-49-17-11-15-43(8-2,37(44)49)39(60-27(3)52)46(38,56)41(54)59-6/h9-13,15,20-21,26,28,37-39,47,55-56H,7-8,14,16-19,22-25H2,1-6H3/t28-,37-,38+,39-,42+,43-,44+,45-,46-/m1/s1. The minimum atomic E-state index is -2.53. The summed E-state index contributed by atoms with van der Waals surface area (Å²) in [4.78, 5) is 66.1. The highest BCUT2D eigenvalue weighted by atomic mass is 16.6. The molecule has 14 nitrogen and oxygen atoms in total. The number of aromatic nitrogens is 1. The van der Waals surface area contributed by atoms with Crippen LogP contribution in [-0.4, -0.2) is 133 Å². The second-order valence-electron chi connectivity index (χ2n) is 18.1. The lowest BCUT2D eigenvalue weighted by molar-refractivity contribution is -0.228. The van der Waals surface area contributed by atoms with Crippen molar-refractivity contribution in [3.05, 3.63) is 70.9 Å². The number of hydrogen-bond donors (Lipinski definition) is 3. The van der Waals surface area contributed by atoms with Gasteiger partial charge in [0.15, 0.2) is 6.10 Å². The predicted octanol–water partition coefficient (Wildman–Crippen LogP) is 3.52. The normalized spacial score (nSPS) is 36.5. The highest BCUT2D eigenvalue weighted by molar-refractivity contribution is 5.96. The van der Waals surface area contributed by atoms with E-state index in [9.17, 15) is 24.6 Å². The zero-order valence-electron chi connectivity index (χ0n) is 35.3. The number of carbonyl (C=O) groups is 4. The van der Waals surface area contributed by atoms with E-state index in [1.165, 1.54) is 33.2 Å². The van der Waals surface area contributed by atoms with Gasteiger partial charge in [-0.1, -0.05) is 44.2 Å². The number of nitrogens with one attached hydrogen (secondary N) is 1. The van der Waals surface area contributed by atoms with Crippen LogP contribution in [0.4, 0.5) is 5.69 Å². The number of anilines is 1. The molecule has 9 rings (SSSR count). The predicted molar refractivity (Wildman–Crippen MR) is 221 cm³/mol. The Bertz CT molecular complexity index is 2310. The minimum absolute atomic E-state index is 0.155. The summed E-state index contributed by atoms with van der Waals surface area (Å²) in [7, 11) is 4.09. The molecule has 320 valence electrons. The highest BCUT2D eigenvalue weighted by Crippen LogP contribution is 2.68. The molecule has 2 aromatic carbocycles. The van der Waals surface area contributed by atoms with Gasteiger partial charge in [0.2, 0.25) is 12.0 Å². The number of fused-ring (bicyclic) bond motifs is 6. The molecule has 6 heterocycles. The molecule has 3 fully saturated rings. The third-order valence-electron chi connectivity index (χ3n) is 15.5. The van der Waals surface area contributed by atoms with E-state index in [1.54, 1.807) is 6.07 Å². The van der Waals surface area contributed by atoms with Gasteiger partial charge in [0.25, 0.3) is 0 Å². The van der Waals surface area contributed by atoms with E-state index in [0.717, 1.165) is 16.5 Å². The van der Waals surface area contributed by atoms with Crippen LogP contribution in [0.3, 0.4) is 0 Å². The summed E-state index contributed by atoms with van der Waals surface area (Å²) in [5.41, 5.74) is -3.15. The van der Waals surface area contributed by atoms with Crippen molar-refractivity contribution in [3.63, 3.8) is 0 Å². The number of para-hydroxylation sites is 1. The van der Waals surface area contributed by atoms with Crippen molar-refractivity contribution in [2.75, 3.05) is 59.0 Å². The molecule has 2 saturated heterocycles. The molecule has 1 amide bonds. The van der Waals surface area contributed by atoms with E-state index >= 15 is 4.79 Å². The van der Waals surface area contributed by atoms with Gasteiger partial charge in [-0.25, -0.2) is 4.79 Å². The molecule has 5 aliphatic heterocycles. The number of benzene rings is 2. The Morgan fingerprint density at radius 1 is 0.967 bits per heavy atom. The molecule has 2 bridgehead atoms. The number of nitrogens with zero attached hydrogens (tertiary/aromatic N) is 3. The topological polar surface area (TPSA) is 171 Å². The third kappa shape index (κ3) is 5.19. The van der Waals surface area contributed by atoms with Gasteiger partial charge in [0, 0.05) is 78.2 Å². The molecule has 60 heavy (non-hydrogen) atoms. The van der Waals surface area contributed by atoms with Crippen molar-refractivity contribution in [2.45, 2.75) is 99.5 Å². The van der Waals surface area contributed by atoms with Crippen LogP contribution in [0.2, 0.25) is 0 Å². The van der Waals surface area contributed by atoms with Crippen molar-refractivity contribution in [2.24, 2.45) is 11.3 Å². The molecular weight excluding hydrogens is 769 g/mol. The number of rotatable bonds is 8. The maximum atomic E-state index is 15.3. The summed E-state index contributed by atoms with van der Waals surface area (Å²) in [6.07, 6.45) is 5.83. The number of hydrogen-bond acceptors (Lipinski definition) is 12. The molecule has 3 aromatic rings. The van der Waals surface area contributed by atoms with Crippen LogP contribution in [0.5, 0.6) is 5.75 Å². The van der Waals surface area contributed by atoms with Crippen molar-refractivity contribution in [3.8, 4) is 5.75 Å². The number of amides is 1. The molecule has 10 atom stereocenters. The van der Waals surface area contributed by atoms with Gasteiger partial charge >= 0.3 is 17.9 Å². The Hall–Kier alpha value is -4.76. The van der Waals surface area contributed by atoms with Crippen LogP contribution < -0.4 is 9.64 Å². The first-order valence-electron chi connectivity index (χ1n) is 21.3. The Labute approximate surface area is 349 Å². The second kappa shape index (κ2) is 14.1. The maximum absolute atomic E-state index is 15.3. The van der Waals surface area contributed by atoms with Gasteiger partial charge in [-0.3, -0.25) is 24.2 Å². The van der Waals surface area contributed by atoms with Crippen LogP contribution in [0.25, 0.3) is 10.9 Å². The number of piperidine rings is 1. The average Bonchev–Trinajstić information content (AvgIpc) is 3.92. The van der Waals surface area contributed by atoms with Gasteiger partial charge < -0.3 is 39.0 Å². The second-order valence-corrected chi connectivity index (χ2v) is 18.1. The monoisotopic (exact) mass is 824 g/mol. The maximum Gasteiger partial charge on any atom is 0.344 e. The van der Waals surface area contributed by atoms with Gasteiger partial charge in [-0.05, 0) is 74.2 Å². The van der Waals surface area contributed by atoms with Gasteiger partial charge in [0.05, 0.1) is 38.7 Å². The van der Waals surface area contributed by atoms with E-state index in [1.807, 2.05) is 50.3 Å². The minimum Gasteiger partial charge on any atom is -0.496 e. The molecule has 0 radical (unpaired) electrons. The number of carbonyl (C=O) groups excluding carboxylic acids is 4. The average molecular weight is 825 g/mol. The van der Waals surface area contributed by atoms with E-state index in [2.05, 4.69) is 20.9 Å². The first-order valence-corrected chi connectivity index (χ1v) is 21.3. The van der Waals surface area contributed by atoms with E-state index < -0.39 is 63.5 Å². The molecular formula is C46H56N4O10. The Morgan fingerprint density at radius 2 is 1.73 bits per heavy atom. The Balaban J connectivity index is 1.38. The van der Waals surface area contributed by atoms with Crippen molar-refractivity contribution in [1.29, 1.82) is 0 Å². The number of aromatic amines is 1. The summed E-state index contributed by atoms with van der Waals surface area (Å²) in [5, 5.41) is 26.3. The fraction of sp³-hybridized carbons (Fsp3) is 0.565. The lowest BCUT2D eigenvalue weighted by Crippen LogP contribution is -2.81. The molecule has 3 N–H and O–H groups in total. The Morgan fingerprint density at radius 3 is 2.42 bits per heavy atom. The zero-order chi connectivity index (χ0) is 42.6. The summed E-state index contributed by atoms with van der Waals surface area (Å²) in [6.45, 7) is 8.16. The van der Waals surface area contributed by atoms with Crippen molar-refractivity contribution in [1.82, 2.24) is 14.8 Å². The number of esters is 3. The van der Waals surface area contributed by atoms with Crippen molar-refractivity contribution >= 4 is 40.9 Å². The first kappa shape index (κ1) is 40.6. The van der Waals surface area contributed by atoms with Gasteiger partial charge in [-0.15, -0.1) is 0 Å². The summed E-state index contributed by atoms with van der Waals surface area (Å²) in [5.74, 6) is -2.06. The quantitative estimate of drug-likeness (QED) is 0.131. The molecule has 1 aliphatic carbocycles. The lowest BCUT2D eigenvalue weighted by Gasteiger charge is -2.63. The number of methoxy groups -OCH3 is 3. The summed E-state index contributed by atoms with van der Waals surface area (Å²) in [6, 6.07) is 9.97. The largest absolute Gasteiger partial charge is 0.496 e. The van der Waals surface area contributed by atoms with Crippen LogP contribution >= 0.6 is 0 Å². The molecule has 1 unspecified atom stereocenters. The summed E-state index contributed by atoms with van der Waals surface area (Å²) >= 11 is 0. The molecule has 1 spiro atoms. The highest BCUT2D eigenvalue weighted by Gasteiger charge is 2.81. The molecule has 1 saturated carbocycles. The van der Waals surface area contributed by atoms with E-state index in [-0.39, 0.29) is 12.3 Å². The van der Waals surface area contributed by atoms with E-state index in [4.69, 9.17) is 18.9 Å². The fourth-order valence-electron chi connectivity index (χ4n) is 13.4.